The van der Waals surface area contributed by atoms with Gasteiger partial charge in [-0.3, -0.25) is 15.0 Å². The second kappa shape index (κ2) is 7.58. The number of nitrogens with one attached hydrogen (secondary N) is 1. The highest BCUT2D eigenvalue weighted by Gasteiger charge is 2.27. The van der Waals surface area contributed by atoms with Gasteiger partial charge in [-0.05, 0) is 37.5 Å². The lowest BCUT2D eigenvalue weighted by Gasteiger charge is -2.27. The van der Waals surface area contributed by atoms with Gasteiger partial charge in [0.05, 0.1) is 25.1 Å². The quantitative estimate of drug-likeness (QED) is 0.719. The Kier molecular flexibility index (Phi) is 4.96. The maximum absolute atomic E-state index is 13.3. The van der Waals surface area contributed by atoms with Crippen LogP contribution in [0, 0.1) is 6.92 Å². The maximum atomic E-state index is 13.3. The van der Waals surface area contributed by atoms with E-state index in [1.807, 2.05) is 19.1 Å². The van der Waals surface area contributed by atoms with E-state index in [9.17, 15) is 9.59 Å². The third-order valence-electron chi connectivity index (χ3n) is 5.47. The van der Waals surface area contributed by atoms with Gasteiger partial charge in [0, 0.05) is 17.5 Å². The molecule has 3 aromatic rings. The van der Waals surface area contributed by atoms with E-state index in [2.05, 4.69) is 5.43 Å². The van der Waals surface area contributed by atoms with Crippen molar-refractivity contribution in [2.24, 2.45) is 0 Å². The van der Waals surface area contributed by atoms with Crippen LogP contribution in [0.4, 0.5) is 0 Å². The smallest absolute Gasteiger partial charge is 0.280 e. The van der Waals surface area contributed by atoms with Crippen LogP contribution in [0.1, 0.15) is 46.9 Å². The third kappa shape index (κ3) is 3.33. The minimum atomic E-state index is -0.340. The molecule has 1 aliphatic carbocycles. The largest absolute Gasteiger partial charge is 0.493 e. The molecule has 0 saturated heterocycles. The van der Waals surface area contributed by atoms with E-state index < -0.39 is 0 Å². The molecule has 0 spiro atoms. The normalized spacial score (nSPS) is 13.8. The number of ether oxygens (including phenoxy) is 2. The highest BCUT2D eigenvalue weighted by molar-refractivity contribution is 6.01. The zero-order chi connectivity index (χ0) is 20.5. The summed E-state index contributed by atoms with van der Waals surface area (Å²) in [6, 6.07) is 10.6. The van der Waals surface area contributed by atoms with Gasteiger partial charge in [0.2, 0.25) is 0 Å². The van der Waals surface area contributed by atoms with Crippen LogP contribution in [0.3, 0.4) is 0 Å². The van der Waals surface area contributed by atoms with E-state index in [-0.39, 0.29) is 17.4 Å². The van der Waals surface area contributed by atoms with E-state index in [0.29, 0.717) is 33.8 Å². The summed E-state index contributed by atoms with van der Waals surface area (Å²) >= 11 is 0. The number of fused-ring (bicyclic) bond motifs is 1. The summed E-state index contributed by atoms with van der Waals surface area (Å²) in [6.07, 6.45) is 2.95. The zero-order valence-electron chi connectivity index (χ0n) is 16.7. The molecule has 0 radical (unpaired) electrons. The van der Waals surface area contributed by atoms with Crippen molar-refractivity contribution in [2.45, 2.75) is 32.1 Å². The first-order valence-corrected chi connectivity index (χ1v) is 9.59. The Bertz CT molecular complexity index is 1150. The lowest BCUT2D eigenvalue weighted by molar-refractivity contribution is 0.100. The number of aryl methyl sites for hydroxylation is 1. The summed E-state index contributed by atoms with van der Waals surface area (Å²) in [5.41, 5.74) is 4.32. The van der Waals surface area contributed by atoms with Crippen LogP contribution in [0.2, 0.25) is 0 Å². The Morgan fingerprint density at radius 1 is 1.14 bits per heavy atom. The second-order valence-corrected chi connectivity index (χ2v) is 7.22. The number of benzene rings is 2. The first kappa shape index (κ1) is 19.0. The van der Waals surface area contributed by atoms with Gasteiger partial charge in [0.1, 0.15) is 5.82 Å². The van der Waals surface area contributed by atoms with Gasteiger partial charge in [0.15, 0.2) is 11.5 Å². The van der Waals surface area contributed by atoms with Gasteiger partial charge in [-0.25, -0.2) is 9.66 Å². The summed E-state index contributed by atoms with van der Waals surface area (Å²) in [6.45, 7) is 1.86. The average molecular weight is 393 g/mol. The van der Waals surface area contributed by atoms with Gasteiger partial charge in [0.25, 0.3) is 11.5 Å². The number of carbonyl (C=O) groups is 1. The first-order chi connectivity index (χ1) is 14.0. The fraction of sp³-hybridized carbons (Fsp3) is 0.318. The number of hydrogen-bond acceptors (Lipinski definition) is 5. The van der Waals surface area contributed by atoms with Crippen molar-refractivity contribution in [2.75, 3.05) is 19.6 Å². The maximum Gasteiger partial charge on any atom is 0.280 e. The van der Waals surface area contributed by atoms with Crippen LogP contribution < -0.4 is 20.5 Å². The van der Waals surface area contributed by atoms with E-state index in [4.69, 9.17) is 14.5 Å². The van der Waals surface area contributed by atoms with Gasteiger partial charge in [-0.15, -0.1) is 0 Å². The Morgan fingerprint density at radius 2 is 1.83 bits per heavy atom. The highest BCUT2D eigenvalue weighted by atomic mass is 16.5. The molecule has 7 heteroatoms. The molecule has 0 atom stereocenters. The van der Waals surface area contributed by atoms with Crippen molar-refractivity contribution in [1.82, 2.24) is 9.66 Å². The molecule has 2 aromatic carbocycles. The Hall–Kier alpha value is -3.35. The molecule has 7 nitrogen and oxygen atoms in total. The lowest BCUT2D eigenvalue weighted by atomic mass is 9.84. The molecular weight excluding hydrogens is 370 g/mol. The molecule has 0 bridgehead atoms. The van der Waals surface area contributed by atoms with Crippen LogP contribution in [0.5, 0.6) is 11.5 Å². The molecule has 150 valence electrons. The third-order valence-corrected chi connectivity index (χ3v) is 5.47. The topological polar surface area (TPSA) is 82.5 Å². The van der Waals surface area contributed by atoms with Crippen LogP contribution >= 0.6 is 0 Å². The number of aromatic nitrogens is 2. The SMILES string of the molecule is COc1cc2nc(C3CCC3)n(NC(=O)c3ccccc3C)c(=O)c2cc1OC. The van der Waals surface area contributed by atoms with Crippen molar-refractivity contribution >= 4 is 16.8 Å². The predicted octanol–water partition coefficient (Wildman–Crippen LogP) is 3.37. The highest BCUT2D eigenvalue weighted by Crippen LogP contribution is 2.36. The molecule has 0 unspecified atom stereocenters. The molecule has 1 aromatic heterocycles. The predicted molar refractivity (Wildman–Crippen MR) is 111 cm³/mol. The summed E-state index contributed by atoms with van der Waals surface area (Å²) in [5.74, 6) is 1.31. The molecule has 1 saturated carbocycles. The van der Waals surface area contributed by atoms with E-state index in [1.165, 1.54) is 11.8 Å². The molecule has 1 N–H and O–H groups in total. The number of nitrogens with zero attached hydrogens (tertiary/aromatic N) is 2. The first-order valence-electron chi connectivity index (χ1n) is 9.59. The van der Waals surface area contributed by atoms with Crippen LogP contribution in [-0.2, 0) is 0 Å². The van der Waals surface area contributed by atoms with Crippen molar-refractivity contribution in [3.8, 4) is 11.5 Å². The molecule has 29 heavy (non-hydrogen) atoms. The van der Waals surface area contributed by atoms with Crippen LogP contribution in [0.15, 0.2) is 41.2 Å². The fourth-order valence-corrected chi connectivity index (χ4v) is 3.57. The van der Waals surface area contributed by atoms with Gasteiger partial charge in [-0.1, -0.05) is 24.6 Å². The lowest BCUT2D eigenvalue weighted by Crippen LogP contribution is -2.38. The monoisotopic (exact) mass is 393 g/mol. The molecule has 1 fully saturated rings. The minimum Gasteiger partial charge on any atom is -0.493 e. The van der Waals surface area contributed by atoms with Crippen molar-refractivity contribution in [1.29, 1.82) is 0 Å². The number of methoxy groups -OCH3 is 2. The fourth-order valence-electron chi connectivity index (χ4n) is 3.57. The van der Waals surface area contributed by atoms with Crippen LogP contribution in [-0.4, -0.2) is 29.8 Å². The molecular formula is C22H23N3O4. The molecule has 4 rings (SSSR count). The Balaban J connectivity index is 1.87. The number of hydrogen-bond donors (Lipinski definition) is 1. The average Bonchev–Trinajstić information content (AvgIpc) is 2.68. The van der Waals surface area contributed by atoms with E-state index in [0.717, 1.165) is 24.8 Å². The molecule has 1 heterocycles. The van der Waals surface area contributed by atoms with Crippen molar-refractivity contribution in [3.63, 3.8) is 0 Å². The van der Waals surface area contributed by atoms with Gasteiger partial charge in [-0.2, -0.15) is 0 Å². The summed E-state index contributed by atoms with van der Waals surface area (Å²) < 4.78 is 12.0. The summed E-state index contributed by atoms with van der Waals surface area (Å²) in [5, 5.41) is 0.357. The second-order valence-electron chi connectivity index (χ2n) is 7.22. The van der Waals surface area contributed by atoms with Crippen LogP contribution in [0.25, 0.3) is 10.9 Å². The number of rotatable bonds is 5. The van der Waals surface area contributed by atoms with Crippen molar-refractivity contribution in [3.05, 3.63) is 63.7 Å². The molecule has 0 aliphatic heterocycles. The molecule has 1 aliphatic rings. The Labute approximate surface area is 168 Å². The number of amides is 1. The van der Waals surface area contributed by atoms with E-state index >= 15 is 0 Å². The summed E-state index contributed by atoms with van der Waals surface area (Å²) in [4.78, 5) is 30.9. The van der Waals surface area contributed by atoms with E-state index in [1.54, 1.807) is 31.4 Å². The van der Waals surface area contributed by atoms with Gasteiger partial charge < -0.3 is 9.47 Å². The minimum absolute atomic E-state index is 0.136. The van der Waals surface area contributed by atoms with Crippen molar-refractivity contribution < 1.29 is 14.3 Å². The molecule has 1 amide bonds. The number of carbonyl (C=O) groups excluding carboxylic acids is 1. The summed E-state index contributed by atoms with van der Waals surface area (Å²) in [7, 11) is 3.05. The standard InChI is InChI=1S/C22H23N3O4/c1-13-7-4-5-10-15(13)21(26)24-25-20(14-8-6-9-14)23-17-12-19(29-3)18(28-2)11-16(17)22(25)27/h4-5,7,10-12,14H,6,8-9H2,1-3H3,(H,24,26). The Morgan fingerprint density at radius 3 is 2.45 bits per heavy atom. The zero-order valence-corrected chi connectivity index (χ0v) is 16.7. The van der Waals surface area contributed by atoms with Gasteiger partial charge >= 0.3 is 0 Å².